The maximum absolute atomic E-state index is 13.5. The molecule has 0 bridgehead atoms. The molecule has 0 N–H and O–H groups in total. The zero-order chi connectivity index (χ0) is 20.7. The molecule has 0 aliphatic rings. The Morgan fingerprint density at radius 3 is 2.27 bits per heavy atom. The van der Waals surface area contributed by atoms with Crippen LogP contribution in [0.25, 0.3) is 33.8 Å². The van der Waals surface area contributed by atoms with E-state index in [9.17, 15) is 9.18 Å². The fraction of sp³-hybridized carbons (Fsp3) is 0.0417. The summed E-state index contributed by atoms with van der Waals surface area (Å²) in [5.74, 6) is 0.116. The van der Waals surface area contributed by atoms with E-state index in [1.165, 1.54) is 22.9 Å². The Bertz CT molecular complexity index is 1420. The van der Waals surface area contributed by atoms with Crippen molar-refractivity contribution in [3.05, 3.63) is 107 Å². The third-order valence-corrected chi connectivity index (χ3v) is 5.07. The van der Waals surface area contributed by atoms with Gasteiger partial charge in [0.2, 0.25) is 0 Å². The molecule has 0 unspecified atom stereocenters. The summed E-state index contributed by atoms with van der Waals surface area (Å²) in [5.41, 5.74) is 3.37. The Kier molecular flexibility index (Phi) is 4.25. The van der Waals surface area contributed by atoms with Crippen molar-refractivity contribution in [3.63, 3.8) is 0 Å². The normalized spacial score (nSPS) is 11.1. The highest BCUT2D eigenvalue weighted by molar-refractivity contribution is 5.79. The molecule has 6 heteroatoms. The second-order valence-corrected chi connectivity index (χ2v) is 7.00. The Hall–Kier alpha value is -4.06. The van der Waals surface area contributed by atoms with Gasteiger partial charge in [-0.15, -0.1) is 0 Å². The fourth-order valence-electron chi connectivity index (χ4n) is 3.56. The molecule has 0 fully saturated rings. The highest BCUT2D eigenvalue weighted by Gasteiger charge is 2.19. The third-order valence-electron chi connectivity index (χ3n) is 5.07. The van der Waals surface area contributed by atoms with Gasteiger partial charge in [-0.1, -0.05) is 42.5 Å². The van der Waals surface area contributed by atoms with Crippen LogP contribution >= 0.6 is 0 Å². The highest BCUT2D eigenvalue weighted by atomic mass is 19.1. The zero-order valence-electron chi connectivity index (χ0n) is 16.2. The summed E-state index contributed by atoms with van der Waals surface area (Å²) in [6, 6.07) is 23.1. The largest absolute Gasteiger partial charge is 0.269 e. The Labute approximate surface area is 171 Å². The highest BCUT2D eigenvalue weighted by Crippen LogP contribution is 2.26. The number of nitrogens with zero attached hydrogens (tertiary/aromatic N) is 4. The number of fused-ring (bicyclic) bond motifs is 1. The van der Waals surface area contributed by atoms with Crippen molar-refractivity contribution in [3.8, 4) is 22.8 Å². The molecule has 0 aliphatic heterocycles. The second-order valence-electron chi connectivity index (χ2n) is 7.00. The summed E-state index contributed by atoms with van der Waals surface area (Å²) < 4.78 is 16.7. The summed E-state index contributed by atoms with van der Waals surface area (Å²) in [4.78, 5) is 18.4. The van der Waals surface area contributed by atoms with Gasteiger partial charge in [0.1, 0.15) is 17.0 Å². The van der Waals surface area contributed by atoms with Gasteiger partial charge < -0.3 is 0 Å². The molecule has 2 aromatic heterocycles. The van der Waals surface area contributed by atoms with Crippen LogP contribution in [-0.4, -0.2) is 19.3 Å². The Morgan fingerprint density at radius 1 is 0.833 bits per heavy atom. The first kappa shape index (κ1) is 18.0. The molecule has 0 radical (unpaired) electrons. The third kappa shape index (κ3) is 2.90. The van der Waals surface area contributed by atoms with E-state index >= 15 is 0 Å². The van der Waals surface area contributed by atoms with E-state index in [0.717, 1.165) is 16.8 Å². The monoisotopic (exact) mass is 396 g/mol. The van der Waals surface area contributed by atoms with Crippen molar-refractivity contribution < 1.29 is 4.39 Å². The van der Waals surface area contributed by atoms with Crippen LogP contribution in [0.2, 0.25) is 0 Å². The standard InChI is InChI=1S/C24H17FN4O/c1-16-7-5-6-10-20(16)22-27-23-21(15-26-29(23)19-8-3-2-4-9-19)24(30)28(22)18-13-11-17(25)12-14-18/h2-15H,1H3. The van der Waals surface area contributed by atoms with Gasteiger partial charge in [-0.25, -0.2) is 14.1 Å². The molecule has 0 aliphatic carbocycles. The van der Waals surface area contributed by atoms with Crippen LogP contribution in [0, 0.1) is 12.7 Å². The van der Waals surface area contributed by atoms with Crippen molar-refractivity contribution >= 4 is 11.0 Å². The van der Waals surface area contributed by atoms with Crippen LogP contribution < -0.4 is 5.56 Å². The molecular weight excluding hydrogens is 379 g/mol. The summed E-state index contributed by atoms with van der Waals surface area (Å²) in [7, 11) is 0. The molecule has 0 amide bonds. The summed E-state index contributed by atoms with van der Waals surface area (Å²) in [6.07, 6.45) is 1.53. The first-order valence-electron chi connectivity index (χ1n) is 9.51. The summed E-state index contributed by atoms with van der Waals surface area (Å²) >= 11 is 0. The lowest BCUT2D eigenvalue weighted by molar-refractivity contribution is 0.627. The van der Waals surface area contributed by atoms with Crippen LogP contribution in [0.5, 0.6) is 0 Å². The maximum atomic E-state index is 13.5. The van der Waals surface area contributed by atoms with Crippen molar-refractivity contribution in [2.24, 2.45) is 0 Å². The molecule has 2 heterocycles. The van der Waals surface area contributed by atoms with E-state index < -0.39 is 0 Å². The topological polar surface area (TPSA) is 52.7 Å². The molecule has 146 valence electrons. The lowest BCUT2D eigenvalue weighted by Crippen LogP contribution is -2.22. The SMILES string of the molecule is Cc1ccccc1-c1nc2c(cnn2-c2ccccc2)c(=O)n1-c1ccc(F)cc1. The Morgan fingerprint density at radius 2 is 1.53 bits per heavy atom. The van der Waals surface area contributed by atoms with Crippen LogP contribution in [-0.2, 0) is 0 Å². The maximum Gasteiger partial charge on any atom is 0.269 e. The number of aromatic nitrogens is 4. The van der Waals surface area contributed by atoms with Gasteiger partial charge in [-0.2, -0.15) is 5.10 Å². The molecule has 30 heavy (non-hydrogen) atoms. The van der Waals surface area contributed by atoms with Gasteiger partial charge in [0, 0.05) is 5.56 Å². The van der Waals surface area contributed by atoms with E-state index in [2.05, 4.69) is 5.10 Å². The fourth-order valence-corrected chi connectivity index (χ4v) is 3.56. The number of halogens is 1. The van der Waals surface area contributed by atoms with E-state index in [4.69, 9.17) is 4.98 Å². The number of para-hydroxylation sites is 1. The van der Waals surface area contributed by atoms with E-state index in [0.29, 0.717) is 22.5 Å². The lowest BCUT2D eigenvalue weighted by atomic mass is 10.1. The minimum Gasteiger partial charge on any atom is -0.268 e. The molecule has 0 saturated heterocycles. The van der Waals surface area contributed by atoms with Crippen molar-refractivity contribution in [1.82, 2.24) is 19.3 Å². The van der Waals surface area contributed by atoms with Crippen molar-refractivity contribution in [1.29, 1.82) is 0 Å². The molecule has 0 atom stereocenters. The lowest BCUT2D eigenvalue weighted by Gasteiger charge is -2.15. The molecule has 0 saturated carbocycles. The molecule has 5 rings (SSSR count). The number of hydrogen-bond acceptors (Lipinski definition) is 3. The average molecular weight is 396 g/mol. The van der Waals surface area contributed by atoms with Crippen molar-refractivity contribution in [2.75, 3.05) is 0 Å². The average Bonchev–Trinajstić information content (AvgIpc) is 3.20. The quantitative estimate of drug-likeness (QED) is 0.445. The number of aryl methyl sites for hydroxylation is 1. The predicted octanol–water partition coefficient (Wildman–Crippen LogP) is 4.69. The van der Waals surface area contributed by atoms with E-state index in [1.54, 1.807) is 16.8 Å². The minimum atomic E-state index is -0.366. The van der Waals surface area contributed by atoms with Gasteiger partial charge in [0.25, 0.3) is 5.56 Å². The van der Waals surface area contributed by atoms with Crippen LogP contribution in [0.4, 0.5) is 4.39 Å². The van der Waals surface area contributed by atoms with E-state index in [-0.39, 0.29) is 11.4 Å². The smallest absolute Gasteiger partial charge is 0.268 e. The summed E-state index contributed by atoms with van der Waals surface area (Å²) in [5, 5.41) is 4.80. The Balaban J connectivity index is 1.88. The van der Waals surface area contributed by atoms with E-state index in [1.807, 2.05) is 61.5 Å². The summed E-state index contributed by atoms with van der Waals surface area (Å²) in [6.45, 7) is 1.97. The van der Waals surface area contributed by atoms with Crippen LogP contribution in [0.3, 0.4) is 0 Å². The minimum absolute atomic E-state index is 0.257. The molecular formula is C24H17FN4O. The number of rotatable bonds is 3. The first-order chi connectivity index (χ1) is 14.6. The molecule has 5 aromatic rings. The number of benzene rings is 3. The van der Waals surface area contributed by atoms with Gasteiger partial charge in [0.15, 0.2) is 5.65 Å². The van der Waals surface area contributed by atoms with Gasteiger partial charge >= 0.3 is 0 Å². The predicted molar refractivity (Wildman–Crippen MR) is 115 cm³/mol. The number of hydrogen-bond donors (Lipinski definition) is 0. The van der Waals surface area contributed by atoms with Gasteiger partial charge in [0.05, 0.1) is 17.6 Å². The van der Waals surface area contributed by atoms with Crippen molar-refractivity contribution in [2.45, 2.75) is 6.92 Å². The molecule has 0 spiro atoms. The second kappa shape index (κ2) is 7.08. The van der Waals surface area contributed by atoms with Crippen LogP contribution in [0.1, 0.15) is 5.56 Å². The molecule has 3 aromatic carbocycles. The van der Waals surface area contributed by atoms with Crippen LogP contribution in [0.15, 0.2) is 89.9 Å². The van der Waals surface area contributed by atoms with Gasteiger partial charge in [-0.05, 0) is 48.9 Å². The van der Waals surface area contributed by atoms with Gasteiger partial charge in [-0.3, -0.25) is 9.36 Å². The molecule has 5 nitrogen and oxygen atoms in total. The first-order valence-corrected chi connectivity index (χ1v) is 9.51. The zero-order valence-corrected chi connectivity index (χ0v) is 16.2.